The maximum absolute atomic E-state index is 13.3. The Bertz CT molecular complexity index is 1040. The van der Waals surface area contributed by atoms with Crippen molar-refractivity contribution in [2.75, 3.05) is 17.6 Å². The highest BCUT2D eigenvalue weighted by atomic mass is 32.1. The summed E-state index contributed by atoms with van der Waals surface area (Å²) in [6, 6.07) is 19.4. The molecule has 6 nitrogen and oxygen atoms in total. The Morgan fingerprint density at radius 3 is 2.66 bits per heavy atom. The molecule has 0 radical (unpaired) electrons. The molecule has 0 aliphatic carbocycles. The number of aromatic nitrogens is 1. The minimum Gasteiger partial charge on any atom is -0.463 e. The SMILES string of the molecule is C[C@@H](Oc1nc(-c2ccccc2)ccc1NCC(N)CS)C(=O)NCc1cccc(F)c1. The number of carbonyl (C=O) groups excluding carboxylic acids is 1. The average Bonchev–Trinajstić information content (AvgIpc) is 2.82. The van der Waals surface area contributed by atoms with Gasteiger partial charge in [-0.25, -0.2) is 9.37 Å². The highest BCUT2D eigenvalue weighted by molar-refractivity contribution is 7.80. The molecular weight excluding hydrogens is 427 g/mol. The first kappa shape index (κ1) is 23.6. The molecule has 0 spiro atoms. The van der Waals surface area contributed by atoms with Crippen LogP contribution >= 0.6 is 12.6 Å². The van der Waals surface area contributed by atoms with Crippen molar-refractivity contribution in [2.45, 2.75) is 25.6 Å². The summed E-state index contributed by atoms with van der Waals surface area (Å²) in [5.74, 6) is 0.140. The lowest BCUT2D eigenvalue weighted by atomic mass is 10.1. The van der Waals surface area contributed by atoms with Gasteiger partial charge in [-0.15, -0.1) is 0 Å². The summed E-state index contributed by atoms with van der Waals surface area (Å²) in [6.07, 6.45) is -0.818. The summed E-state index contributed by atoms with van der Waals surface area (Å²) in [4.78, 5) is 17.2. The fraction of sp³-hybridized carbons (Fsp3) is 0.250. The number of carbonyl (C=O) groups is 1. The van der Waals surface area contributed by atoms with Crippen LogP contribution in [-0.2, 0) is 11.3 Å². The first-order chi connectivity index (χ1) is 15.5. The Morgan fingerprint density at radius 1 is 1.16 bits per heavy atom. The first-order valence-electron chi connectivity index (χ1n) is 10.3. The van der Waals surface area contributed by atoms with Crippen molar-refractivity contribution < 1.29 is 13.9 Å². The van der Waals surface area contributed by atoms with Crippen molar-refractivity contribution in [1.82, 2.24) is 10.3 Å². The van der Waals surface area contributed by atoms with Crippen LogP contribution in [-0.4, -0.2) is 35.3 Å². The van der Waals surface area contributed by atoms with Crippen LogP contribution in [0, 0.1) is 5.82 Å². The Morgan fingerprint density at radius 2 is 1.94 bits per heavy atom. The van der Waals surface area contributed by atoms with Gasteiger partial charge in [-0.2, -0.15) is 12.6 Å². The molecule has 0 saturated heterocycles. The number of pyridine rings is 1. The predicted molar refractivity (Wildman–Crippen MR) is 128 cm³/mol. The third-order valence-electron chi connectivity index (χ3n) is 4.73. The highest BCUT2D eigenvalue weighted by Gasteiger charge is 2.18. The molecular formula is C24H27FN4O2S. The molecule has 168 valence electrons. The molecule has 3 rings (SSSR count). The topological polar surface area (TPSA) is 89.3 Å². The molecule has 8 heteroatoms. The summed E-state index contributed by atoms with van der Waals surface area (Å²) < 4.78 is 19.3. The number of hydrogen-bond acceptors (Lipinski definition) is 6. The fourth-order valence-corrected chi connectivity index (χ4v) is 3.07. The van der Waals surface area contributed by atoms with Crippen LogP contribution in [0.1, 0.15) is 12.5 Å². The van der Waals surface area contributed by atoms with Gasteiger partial charge in [0, 0.05) is 30.4 Å². The lowest BCUT2D eigenvalue weighted by molar-refractivity contribution is -0.127. The van der Waals surface area contributed by atoms with E-state index in [1.807, 2.05) is 42.5 Å². The Balaban J connectivity index is 1.74. The smallest absolute Gasteiger partial charge is 0.261 e. The molecule has 1 aromatic heterocycles. The van der Waals surface area contributed by atoms with Crippen LogP contribution in [0.15, 0.2) is 66.7 Å². The van der Waals surface area contributed by atoms with Crippen molar-refractivity contribution in [3.05, 3.63) is 78.1 Å². The number of nitrogens with two attached hydrogens (primary N) is 1. The lowest BCUT2D eigenvalue weighted by Gasteiger charge is -2.19. The van der Waals surface area contributed by atoms with Gasteiger partial charge in [0.05, 0.1) is 11.4 Å². The first-order valence-corrected chi connectivity index (χ1v) is 10.9. The summed E-state index contributed by atoms with van der Waals surface area (Å²) in [5, 5.41) is 5.98. The zero-order valence-electron chi connectivity index (χ0n) is 17.8. The molecule has 3 aromatic rings. The Labute approximate surface area is 192 Å². The van der Waals surface area contributed by atoms with E-state index in [0.29, 0.717) is 29.4 Å². The zero-order chi connectivity index (χ0) is 22.9. The number of benzene rings is 2. The number of anilines is 1. The number of nitrogens with one attached hydrogen (secondary N) is 2. The van der Waals surface area contributed by atoms with Crippen molar-refractivity contribution >= 4 is 24.2 Å². The standard InChI is InChI=1S/C24H27FN4O2S/c1-16(23(30)28-13-17-6-5-9-19(25)12-17)31-24-22(27-14-20(26)15-32)11-10-21(29-24)18-7-3-2-4-8-18/h2-12,16,20,27,32H,13-15,26H2,1H3,(H,28,30)/t16-,20?/m1/s1. The van der Waals surface area contributed by atoms with E-state index >= 15 is 0 Å². The fourth-order valence-electron chi connectivity index (χ4n) is 2.94. The lowest BCUT2D eigenvalue weighted by Crippen LogP contribution is -2.36. The van der Waals surface area contributed by atoms with E-state index < -0.39 is 6.10 Å². The maximum Gasteiger partial charge on any atom is 0.261 e. The Kier molecular flexibility index (Phi) is 8.47. The molecule has 1 heterocycles. The van der Waals surface area contributed by atoms with Crippen LogP contribution in [0.25, 0.3) is 11.3 Å². The molecule has 0 aliphatic rings. The quantitative estimate of drug-likeness (QED) is 0.351. The third-order valence-corrected chi connectivity index (χ3v) is 5.20. The molecule has 0 saturated carbocycles. The third kappa shape index (κ3) is 6.70. The van der Waals surface area contributed by atoms with Crippen LogP contribution in [0.2, 0.25) is 0 Å². The van der Waals surface area contributed by atoms with Gasteiger partial charge in [0.2, 0.25) is 5.88 Å². The van der Waals surface area contributed by atoms with Gasteiger partial charge in [0.15, 0.2) is 6.10 Å². The molecule has 1 amide bonds. The molecule has 0 aliphatic heterocycles. The number of ether oxygens (including phenoxy) is 1. The van der Waals surface area contributed by atoms with Crippen molar-refractivity contribution in [1.29, 1.82) is 0 Å². The van der Waals surface area contributed by atoms with Gasteiger partial charge >= 0.3 is 0 Å². The zero-order valence-corrected chi connectivity index (χ0v) is 18.7. The summed E-state index contributed by atoms with van der Waals surface area (Å²) in [5.41, 5.74) is 8.90. The average molecular weight is 455 g/mol. The molecule has 2 atom stereocenters. The van der Waals surface area contributed by atoms with Crippen LogP contribution in [0.5, 0.6) is 5.88 Å². The highest BCUT2D eigenvalue weighted by Crippen LogP contribution is 2.28. The summed E-state index contributed by atoms with van der Waals surface area (Å²) in [6.45, 7) is 2.32. The minimum atomic E-state index is -0.818. The summed E-state index contributed by atoms with van der Waals surface area (Å²) in [7, 11) is 0. The van der Waals surface area contributed by atoms with E-state index in [4.69, 9.17) is 10.5 Å². The van der Waals surface area contributed by atoms with E-state index in [-0.39, 0.29) is 24.3 Å². The van der Waals surface area contributed by atoms with E-state index in [2.05, 4.69) is 28.2 Å². The number of thiol groups is 1. The van der Waals surface area contributed by atoms with E-state index in [9.17, 15) is 9.18 Å². The second-order valence-corrected chi connectivity index (χ2v) is 7.71. The van der Waals surface area contributed by atoms with E-state index in [0.717, 1.165) is 11.3 Å². The monoisotopic (exact) mass is 454 g/mol. The van der Waals surface area contributed by atoms with Gasteiger partial charge in [0.1, 0.15) is 5.82 Å². The van der Waals surface area contributed by atoms with Crippen LogP contribution < -0.4 is 21.1 Å². The van der Waals surface area contributed by atoms with Crippen molar-refractivity contribution in [2.24, 2.45) is 5.73 Å². The van der Waals surface area contributed by atoms with Gasteiger partial charge < -0.3 is 21.1 Å². The van der Waals surface area contributed by atoms with Crippen LogP contribution in [0.4, 0.5) is 10.1 Å². The molecule has 2 aromatic carbocycles. The van der Waals surface area contributed by atoms with E-state index in [1.54, 1.807) is 19.1 Å². The van der Waals surface area contributed by atoms with Gasteiger partial charge in [-0.05, 0) is 36.8 Å². The van der Waals surface area contributed by atoms with Crippen LogP contribution in [0.3, 0.4) is 0 Å². The largest absolute Gasteiger partial charge is 0.463 e. The van der Waals surface area contributed by atoms with Crippen molar-refractivity contribution in [3.8, 4) is 17.1 Å². The van der Waals surface area contributed by atoms with Gasteiger partial charge in [-0.1, -0.05) is 42.5 Å². The minimum absolute atomic E-state index is 0.146. The second-order valence-electron chi connectivity index (χ2n) is 7.35. The molecule has 4 N–H and O–H groups in total. The summed E-state index contributed by atoms with van der Waals surface area (Å²) >= 11 is 4.21. The number of hydrogen-bond donors (Lipinski definition) is 4. The molecule has 1 unspecified atom stereocenters. The maximum atomic E-state index is 13.3. The number of rotatable bonds is 10. The normalized spacial score (nSPS) is 12.6. The van der Waals surface area contributed by atoms with Gasteiger partial charge in [0.25, 0.3) is 5.91 Å². The van der Waals surface area contributed by atoms with Crippen molar-refractivity contribution in [3.63, 3.8) is 0 Å². The van der Waals surface area contributed by atoms with Gasteiger partial charge in [-0.3, -0.25) is 4.79 Å². The number of amides is 1. The molecule has 0 bridgehead atoms. The molecule has 0 fully saturated rings. The number of nitrogens with zero attached hydrogens (tertiary/aromatic N) is 1. The van der Waals surface area contributed by atoms with E-state index in [1.165, 1.54) is 12.1 Å². The molecule has 32 heavy (non-hydrogen) atoms. The Hall–Kier alpha value is -3.10. The second kappa shape index (κ2) is 11.5. The number of halogens is 1. The predicted octanol–water partition coefficient (Wildman–Crippen LogP) is 3.64.